The van der Waals surface area contributed by atoms with Crippen LogP contribution < -0.4 is 0 Å². The molecule has 0 amide bonds. The molecule has 1 nitrogen and oxygen atoms in total. The van der Waals surface area contributed by atoms with Gasteiger partial charge in [0, 0.05) is 17.3 Å². The lowest BCUT2D eigenvalue weighted by molar-refractivity contribution is 1.23. The fourth-order valence-electron chi connectivity index (χ4n) is 0.569. The quantitative estimate of drug-likeness (QED) is 0.634. The molecule has 1 heterocycles. The molecule has 2 heteroatoms. The van der Waals surface area contributed by atoms with Crippen molar-refractivity contribution in [3.63, 3.8) is 0 Å². The Morgan fingerprint density at radius 2 is 2.18 bits per heavy atom. The highest BCUT2D eigenvalue weighted by molar-refractivity contribution is 7.80. The Morgan fingerprint density at radius 1 is 1.55 bits per heavy atom. The molecule has 11 heavy (non-hydrogen) atoms. The maximum atomic E-state index is 4.14. The van der Waals surface area contributed by atoms with Crippen LogP contribution in [-0.2, 0) is 0 Å². The standard InChI is InChI=1S/C7H7NS.C2H6/c1-2-6-3-4-8-5-7(6)9;1-2/h2-5,9H,1H2;1-2H3. The number of thiol groups is 1. The maximum absolute atomic E-state index is 4.14. The third-order valence-electron chi connectivity index (χ3n) is 1.05. The molecule has 1 aromatic rings. The summed E-state index contributed by atoms with van der Waals surface area (Å²) in [5.41, 5.74) is 1.02. The lowest BCUT2D eigenvalue weighted by Crippen LogP contribution is -1.75. The van der Waals surface area contributed by atoms with Crippen molar-refractivity contribution < 1.29 is 0 Å². The molecule has 0 aliphatic carbocycles. The van der Waals surface area contributed by atoms with Gasteiger partial charge in [0.05, 0.1) is 0 Å². The van der Waals surface area contributed by atoms with Crippen molar-refractivity contribution in [3.05, 3.63) is 30.6 Å². The Kier molecular flexibility index (Phi) is 5.57. The molecule has 1 rings (SSSR count). The molecule has 0 N–H and O–H groups in total. The highest BCUT2D eigenvalue weighted by Crippen LogP contribution is 2.11. The summed E-state index contributed by atoms with van der Waals surface area (Å²) in [7, 11) is 0. The Hall–Kier alpha value is -0.760. The van der Waals surface area contributed by atoms with E-state index in [1.54, 1.807) is 18.5 Å². The second-order valence-electron chi connectivity index (χ2n) is 1.64. The third kappa shape index (κ3) is 3.23. The van der Waals surface area contributed by atoms with E-state index < -0.39 is 0 Å². The molecule has 0 aliphatic heterocycles. The summed E-state index contributed by atoms with van der Waals surface area (Å²) >= 11 is 4.14. The molecule has 0 fully saturated rings. The maximum Gasteiger partial charge on any atom is 0.0407 e. The van der Waals surface area contributed by atoms with Gasteiger partial charge in [0.2, 0.25) is 0 Å². The Bertz CT molecular complexity index is 221. The monoisotopic (exact) mass is 167 g/mol. The number of rotatable bonds is 1. The molecular formula is C9H13NS. The zero-order valence-electron chi connectivity index (χ0n) is 6.91. The number of aromatic nitrogens is 1. The molecule has 0 unspecified atom stereocenters. The first-order valence-electron chi connectivity index (χ1n) is 3.60. The average Bonchev–Trinajstić information content (AvgIpc) is 2.09. The molecule has 0 aromatic carbocycles. The summed E-state index contributed by atoms with van der Waals surface area (Å²) in [5, 5.41) is 0. The summed E-state index contributed by atoms with van der Waals surface area (Å²) in [4.78, 5) is 4.74. The average molecular weight is 167 g/mol. The SMILES string of the molecule is C=Cc1ccncc1S.CC. The van der Waals surface area contributed by atoms with Crippen molar-refractivity contribution in [2.45, 2.75) is 18.7 Å². The van der Waals surface area contributed by atoms with Crippen LogP contribution in [0.1, 0.15) is 19.4 Å². The minimum Gasteiger partial charge on any atom is -0.264 e. The van der Waals surface area contributed by atoms with Gasteiger partial charge in [0.25, 0.3) is 0 Å². The minimum atomic E-state index is 0.868. The molecule has 0 radical (unpaired) electrons. The molecule has 0 saturated heterocycles. The fraction of sp³-hybridized carbons (Fsp3) is 0.222. The van der Waals surface area contributed by atoms with Gasteiger partial charge in [-0.05, 0) is 11.6 Å². The van der Waals surface area contributed by atoms with E-state index in [-0.39, 0.29) is 0 Å². The summed E-state index contributed by atoms with van der Waals surface area (Å²) in [6.07, 6.45) is 5.17. The van der Waals surface area contributed by atoms with E-state index in [1.165, 1.54) is 0 Å². The van der Waals surface area contributed by atoms with Crippen molar-refractivity contribution in [2.24, 2.45) is 0 Å². The van der Waals surface area contributed by atoms with Crippen molar-refractivity contribution in [2.75, 3.05) is 0 Å². The molecule has 0 spiro atoms. The van der Waals surface area contributed by atoms with E-state index in [1.807, 2.05) is 19.9 Å². The summed E-state index contributed by atoms with van der Waals surface area (Å²) in [6, 6.07) is 1.87. The molecule has 60 valence electrons. The number of nitrogens with zero attached hydrogens (tertiary/aromatic N) is 1. The summed E-state index contributed by atoms with van der Waals surface area (Å²) in [6.45, 7) is 7.62. The van der Waals surface area contributed by atoms with Gasteiger partial charge in [0.1, 0.15) is 0 Å². The van der Waals surface area contributed by atoms with Crippen LogP contribution in [-0.4, -0.2) is 4.98 Å². The van der Waals surface area contributed by atoms with E-state index in [4.69, 9.17) is 0 Å². The van der Waals surface area contributed by atoms with E-state index in [9.17, 15) is 0 Å². The molecule has 0 saturated carbocycles. The zero-order valence-corrected chi connectivity index (χ0v) is 7.81. The second-order valence-corrected chi connectivity index (χ2v) is 2.12. The topological polar surface area (TPSA) is 12.9 Å². The summed E-state index contributed by atoms with van der Waals surface area (Å²) < 4.78 is 0. The van der Waals surface area contributed by atoms with Gasteiger partial charge in [-0.1, -0.05) is 26.5 Å². The Balaban J connectivity index is 0.000000461. The van der Waals surface area contributed by atoms with Crippen LogP contribution in [0.2, 0.25) is 0 Å². The molecule has 1 aromatic heterocycles. The van der Waals surface area contributed by atoms with Gasteiger partial charge < -0.3 is 0 Å². The minimum absolute atomic E-state index is 0.868. The van der Waals surface area contributed by atoms with E-state index in [0.29, 0.717) is 0 Å². The van der Waals surface area contributed by atoms with Crippen molar-refractivity contribution in [1.82, 2.24) is 4.98 Å². The van der Waals surface area contributed by atoms with Gasteiger partial charge >= 0.3 is 0 Å². The second kappa shape index (κ2) is 5.98. The first-order chi connectivity index (χ1) is 5.34. The van der Waals surface area contributed by atoms with Crippen LogP contribution in [0.4, 0.5) is 0 Å². The Labute approximate surface area is 73.6 Å². The molecular weight excluding hydrogens is 154 g/mol. The molecule has 0 bridgehead atoms. The van der Waals surface area contributed by atoms with E-state index >= 15 is 0 Å². The summed E-state index contributed by atoms with van der Waals surface area (Å²) in [5.74, 6) is 0. The lowest BCUT2D eigenvalue weighted by Gasteiger charge is -1.93. The van der Waals surface area contributed by atoms with Gasteiger partial charge in [-0.15, -0.1) is 12.6 Å². The highest BCUT2D eigenvalue weighted by atomic mass is 32.1. The van der Waals surface area contributed by atoms with Crippen molar-refractivity contribution >= 4 is 18.7 Å². The smallest absolute Gasteiger partial charge is 0.0407 e. The van der Waals surface area contributed by atoms with E-state index in [2.05, 4.69) is 24.2 Å². The normalized spacial score (nSPS) is 7.91. The largest absolute Gasteiger partial charge is 0.264 e. The predicted octanol–water partition coefficient (Wildman–Crippen LogP) is 3.04. The lowest BCUT2D eigenvalue weighted by atomic mass is 10.3. The number of pyridine rings is 1. The van der Waals surface area contributed by atoms with Gasteiger partial charge in [0.15, 0.2) is 0 Å². The van der Waals surface area contributed by atoms with Gasteiger partial charge in [-0.25, -0.2) is 0 Å². The molecule has 0 aliphatic rings. The van der Waals surface area contributed by atoms with Crippen molar-refractivity contribution in [3.8, 4) is 0 Å². The van der Waals surface area contributed by atoms with Crippen LogP contribution in [0.3, 0.4) is 0 Å². The fourth-order valence-corrected chi connectivity index (χ4v) is 0.802. The van der Waals surface area contributed by atoms with Crippen LogP contribution in [0.25, 0.3) is 6.08 Å². The molecule has 0 atom stereocenters. The Morgan fingerprint density at radius 3 is 2.55 bits per heavy atom. The number of hydrogen-bond donors (Lipinski definition) is 1. The van der Waals surface area contributed by atoms with Crippen LogP contribution >= 0.6 is 12.6 Å². The first kappa shape index (κ1) is 10.2. The van der Waals surface area contributed by atoms with Crippen molar-refractivity contribution in [1.29, 1.82) is 0 Å². The van der Waals surface area contributed by atoms with Crippen LogP contribution in [0.5, 0.6) is 0 Å². The van der Waals surface area contributed by atoms with E-state index in [0.717, 1.165) is 10.5 Å². The predicted molar refractivity (Wildman–Crippen MR) is 52.9 cm³/mol. The zero-order chi connectivity index (χ0) is 8.69. The highest BCUT2D eigenvalue weighted by Gasteiger charge is 1.88. The third-order valence-corrected chi connectivity index (χ3v) is 1.43. The van der Waals surface area contributed by atoms with Crippen LogP contribution in [0, 0.1) is 0 Å². The van der Waals surface area contributed by atoms with Gasteiger partial charge in [-0.2, -0.15) is 0 Å². The number of hydrogen-bond acceptors (Lipinski definition) is 2. The van der Waals surface area contributed by atoms with Gasteiger partial charge in [-0.3, -0.25) is 4.98 Å². The van der Waals surface area contributed by atoms with Crippen LogP contribution in [0.15, 0.2) is 29.9 Å². The first-order valence-corrected chi connectivity index (χ1v) is 4.04.